The van der Waals surface area contributed by atoms with Crippen LogP contribution in [0.4, 0.5) is 0 Å². The van der Waals surface area contributed by atoms with Crippen molar-refractivity contribution in [2.24, 2.45) is 5.73 Å². The summed E-state index contributed by atoms with van der Waals surface area (Å²) in [6, 6.07) is 7.63. The molecule has 8 nitrogen and oxygen atoms in total. The van der Waals surface area contributed by atoms with E-state index in [1.54, 1.807) is 18.2 Å². The number of nitrogens with one attached hydrogen (secondary N) is 1. The third-order valence-electron chi connectivity index (χ3n) is 2.40. The molecule has 9 heteroatoms. The summed E-state index contributed by atoms with van der Waals surface area (Å²) in [7, 11) is -3.86. The molecule has 2 rings (SSSR count). The van der Waals surface area contributed by atoms with E-state index >= 15 is 0 Å². The lowest BCUT2D eigenvalue weighted by molar-refractivity contribution is -0.120. The molecule has 0 fully saturated rings. The molecule has 0 bridgehead atoms. The van der Waals surface area contributed by atoms with Gasteiger partial charge >= 0.3 is 0 Å². The van der Waals surface area contributed by atoms with Gasteiger partial charge in [0.15, 0.2) is 0 Å². The first-order valence-electron chi connectivity index (χ1n) is 5.71. The molecule has 1 aromatic heterocycles. The molecule has 0 saturated heterocycles. The van der Waals surface area contributed by atoms with Crippen molar-refractivity contribution in [1.82, 2.24) is 19.7 Å². The molecule has 0 radical (unpaired) electrons. The Labute approximate surface area is 115 Å². The number of sulfonamides is 1. The van der Waals surface area contributed by atoms with E-state index in [1.165, 1.54) is 23.0 Å². The maximum Gasteiger partial charge on any atom is 0.264 e. The fourth-order valence-corrected chi connectivity index (χ4v) is 2.49. The van der Waals surface area contributed by atoms with Crippen molar-refractivity contribution in [3.63, 3.8) is 0 Å². The van der Waals surface area contributed by atoms with Crippen molar-refractivity contribution in [2.75, 3.05) is 0 Å². The van der Waals surface area contributed by atoms with Crippen molar-refractivity contribution >= 4 is 15.9 Å². The zero-order valence-corrected chi connectivity index (χ0v) is 11.2. The summed E-state index contributed by atoms with van der Waals surface area (Å²) in [5.41, 5.74) is 5.88. The van der Waals surface area contributed by atoms with Crippen molar-refractivity contribution in [3.8, 4) is 0 Å². The van der Waals surface area contributed by atoms with Gasteiger partial charge in [-0.05, 0) is 12.1 Å². The summed E-state index contributed by atoms with van der Waals surface area (Å²) in [5.74, 6) is -0.706. The van der Waals surface area contributed by atoms with Crippen LogP contribution in [0, 0.1) is 0 Å². The number of nitrogens with zero attached hydrogens (tertiary/aromatic N) is 3. The maximum absolute atomic E-state index is 11.9. The third-order valence-corrected chi connectivity index (χ3v) is 3.79. The Kier molecular flexibility index (Phi) is 4.11. The van der Waals surface area contributed by atoms with Gasteiger partial charge in [-0.15, -0.1) is 5.10 Å². The first kappa shape index (κ1) is 14.2. The fourth-order valence-electron chi connectivity index (χ4n) is 1.50. The van der Waals surface area contributed by atoms with Crippen LogP contribution in [0.2, 0.25) is 0 Å². The van der Waals surface area contributed by atoms with Crippen molar-refractivity contribution in [3.05, 3.63) is 42.2 Å². The predicted octanol–water partition coefficient (Wildman–Crippen LogP) is -0.758. The van der Waals surface area contributed by atoms with E-state index in [4.69, 9.17) is 5.73 Å². The molecule has 0 aliphatic heterocycles. The van der Waals surface area contributed by atoms with Gasteiger partial charge in [0.2, 0.25) is 0 Å². The minimum Gasteiger partial charge on any atom is -0.325 e. The number of benzene rings is 1. The molecule has 0 unspecified atom stereocenters. The van der Waals surface area contributed by atoms with E-state index in [-0.39, 0.29) is 18.0 Å². The van der Waals surface area contributed by atoms with Crippen LogP contribution in [0.5, 0.6) is 0 Å². The second-order valence-corrected chi connectivity index (χ2v) is 5.64. The smallest absolute Gasteiger partial charge is 0.264 e. The maximum atomic E-state index is 11.9. The van der Waals surface area contributed by atoms with Crippen LogP contribution >= 0.6 is 0 Å². The van der Waals surface area contributed by atoms with Gasteiger partial charge in [0.05, 0.1) is 16.8 Å². The van der Waals surface area contributed by atoms with Gasteiger partial charge in [-0.25, -0.2) is 17.8 Å². The van der Waals surface area contributed by atoms with Crippen LogP contribution in [0.15, 0.2) is 41.4 Å². The van der Waals surface area contributed by atoms with E-state index in [0.717, 1.165) is 0 Å². The fraction of sp³-hybridized carbons (Fsp3) is 0.182. The molecular weight excluding hydrogens is 282 g/mol. The first-order chi connectivity index (χ1) is 9.51. The topological polar surface area (TPSA) is 120 Å². The Hall–Kier alpha value is -2.26. The van der Waals surface area contributed by atoms with Crippen LogP contribution in [-0.4, -0.2) is 29.3 Å². The average Bonchev–Trinajstić information content (AvgIpc) is 2.86. The summed E-state index contributed by atoms with van der Waals surface area (Å²) >= 11 is 0. The Morgan fingerprint density at radius 2 is 2.00 bits per heavy atom. The average molecular weight is 295 g/mol. The summed E-state index contributed by atoms with van der Waals surface area (Å²) in [6.45, 7) is -0.0526. The van der Waals surface area contributed by atoms with E-state index in [9.17, 15) is 13.2 Å². The molecule has 106 valence electrons. The molecule has 1 amide bonds. The van der Waals surface area contributed by atoms with Crippen molar-refractivity contribution in [2.45, 2.75) is 18.0 Å². The molecule has 3 N–H and O–H groups in total. The van der Waals surface area contributed by atoms with Crippen LogP contribution in [0.3, 0.4) is 0 Å². The van der Waals surface area contributed by atoms with Gasteiger partial charge in [0.25, 0.3) is 15.9 Å². The van der Waals surface area contributed by atoms with E-state index < -0.39 is 15.9 Å². The molecule has 0 aliphatic rings. The zero-order valence-electron chi connectivity index (χ0n) is 10.4. The molecule has 0 saturated carbocycles. The highest BCUT2D eigenvalue weighted by molar-refractivity contribution is 7.90. The summed E-state index contributed by atoms with van der Waals surface area (Å²) in [4.78, 5) is 11.7. The van der Waals surface area contributed by atoms with Gasteiger partial charge in [-0.2, -0.15) is 0 Å². The van der Waals surface area contributed by atoms with Crippen molar-refractivity contribution in [1.29, 1.82) is 0 Å². The minimum absolute atomic E-state index is 0.0228. The lowest BCUT2D eigenvalue weighted by Crippen LogP contribution is -2.33. The van der Waals surface area contributed by atoms with Crippen LogP contribution < -0.4 is 10.5 Å². The zero-order chi connectivity index (χ0) is 14.6. The number of hydrogen-bond donors (Lipinski definition) is 2. The SMILES string of the molecule is NCc1cn(CC(=O)NS(=O)(=O)c2ccccc2)nn1. The second-order valence-electron chi connectivity index (χ2n) is 3.95. The molecule has 0 aliphatic carbocycles. The highest BCUT2D eigenvalue weighted by Gasteiger charge is 2.17. The van der Waals surface area contributed by atoms with Gasteiger partial charge in [-0.1, -0.05) is 23.4 Å². The lowest BCUT2D eigenvalue weighted by atomic mass is 10.4. The van der Waals surface area contributed by atoms with Crippen LogP contribution in [-0.2, 0) is 27.9 Å². The number of nitrogens with two attached hydrogens (primary N) is 1. The van der Waals surface area contributed by atoms with Crippen LogP contribution in [0.25, 0.3) is 0 Å². The second kappa shape index (κ2) is 5.80. The summed E-state index contributed by atoms with van der Waals surface area (Å²) < 4.78 is 27.0. The monoisotopic (exact) mass is 295 g/mol. The van der Waals surface area contributed by atoms with Gasteiger partial charge in [0, 0.05) is 6.54 Å². The normalized spacial score (nSPS) is 11.2. The summed E-state index contributed by atoms with van der Waals surface area (Å²) in [5, 5.41) is 7.36. The lowest BCUT2D eigenvalue weighted by Gasteiger charge is -2.06. The first-order valence-corrected chi connectivity index (χ1v) is 7.19. The Bertz CT molecular complexity index is 696. The Morgan fingerprint density at radius 3 is 2.60 bits per heavy atom. The van der Waals surface area contributed by atoms with E-state index in [0.29, 0.717) is 5.69 Å². The highest BCUT2D eigenvalue weighted by Crippen LogP contribution is 2.06. The molecule has 1 aromatic carbocycles. The van der Waals surface area contributed by atoms with E-state index in [1.807, 2.05) is 4.72 Å². The minimum atomic E-state index is -3.86. The summed E-state index contributed by atoms with van der Waals surface area (Å²) in [6.07, 6.45) is 1.48. The largest absolute Gasteiger partial charge is 0.325 e. The van der Waals surface area contributed by atoms with Gasteiger partial charge < -0.3 is 5.73 Å². The van der Waals surface area contributed by atoms with Gasteiger partial charge in [-0.3, -0.25) is 4.79 Å². The molecular formula is C11H13N5O3S. The Balaban J connectivity index is 2.04. The van der Waals surface area contributed by atoms with Crippen LogP contribution in [0.1, 0.15) is 5.69 Å². The Morgan fingerprint density at radius 1 is 1.30 bits per heavy atom. The molecule has 1 heterocycles. The molecule has 0 atom stereocenters. The number of aromatic nitrogens is 3. The molecule has 0 spiro atoms. The van der Waals surface area contributed by atoms with Gasteiger partial charge in [0.1, 0.15) is 6.54 Å². The number of rotatable bonds is 5. The predicted molar refractivity (Wildman–Crippen MR) is 69.7 cm³/mol. The number of carbonyl (C=O) groups excluding carboxylic acids is 1. The highest BCUT2D eigenvalue weighted by atomic mass is 32.2. The molecule has 2 aromatic rings. The number of hydrogen-bond acceptors (Lipinski definition) is 6. The van der Waals surface area contributed by atoms with E-state index in [2.05, 4.69) is 10.3 Å². The quantitative estimate of drug-likeness (QED) is 0.748. The molecule has 20 heavy (non-hydrogen) atoms. The number of carbonyl (C=O) groups is 1. The standard InChI is InChI=1S/C11H13N5O3S/c12-6-9-7-16(15-13-9)8-11(17)14-20(18,19)10-4-2-1-3-5-10/h1-5,7H,6,8,12H2,(H,14,17). The van der Waals surface area contributed by atoms with Crippen molar-refractivity contribution < 1.29 is 13.2 Å². The third kappa shape index (κ3) is 3.39. The number of amides is 1.